The number of ketones is 1. The molecular formula is C15H15ClN2OS. The lowest BCUT2D eigenvalue weighted by molar-refractivity contribution is 0.101. The first-order valence-corrected chi connectivity index (χ1v) is 7.38. The summed E-state index contributed by atoms with van der Waals surface area (Å²) in [4.78, 5) is 21.2. The maximum Gasteiger partial charge on any atom is 0.192 e. The van der Waals surface area contributed by atoms with E-state index >= 15 is 0 Å². The highest BCUT2D eigenvalue weighted by Gasteiger charge is 2.10. The van der Waals surface area contributed by atoms with Crippen LogP contribution in [0.5, 0.6) is 0 Å². The minimum absolute atomic E-state index is 0.0372. The quantitative estimate of drug-likeness (QED) is 0.622. The third-order valence-electron chi connectivity index (χ3n) is 3.14. The van der Waals surface area contributed by atoms with E-state index in [0.717, 1.165) is 21.8 Å². The second-order valence-corrected chi connectivity index (χ2v) is 6.05. The fourth-order valence-corrected chi connectivity index (χ4v) is 3.00. The smallest absolute Gasteiger partial charge is 0.192 e. The number of aryl methyl sites for hydroxylation is 2. The monoisotopic (exact) mass is 306 g/mol. The Labute approximate surface area is 127 Å². The van der Waals surface area contributed by atoms with Gasteiger partial charge in [0.1, 0.15) is 0 Å². The van der Waals surface area contributed by atoms with Gasteiger partial charge in [0.2, 0.25) is 0 Å². The molecule has 0 unspecified atom stereocenters. The van der Waals surface area contributed by atoms with Crippen molar-refractivity contribution in [1.82, 2.24) is 9.97 Å². The number of hydrogen-bond donors (Lipinski definition) is 0. The number of Topliss-reactive ketones (excluding diaryl/α,β-unsaturated/α-hetero) is 1. The van der Waals surface area contributed by atoms with Gasteiger partial charge in [0.25, 0.3) is 0 Å². The van der Waals surface area contributed by atoms with Crippen LogP contribution in [-0.4, -0.2) is 15.8 Å². The van der Waals surface area contributed by atoms with Gasteiger partial charge in [0, 0.05) is 21.8 Å². The van der Waals surface area contributed by atoms with E-state index in [4.69, 9.17) is 11.6 Å². The molecule has 20 heavy (non-hydrogen) atoms. The number of carbonyl (C=O) groups excluding carboxylic acids is 1. The Kier molecular flexibility index (Phi) is 4.45. The Morgan fingerprint density at radius 1 is 1.15 bits per heavy atom. The molecule has 0 bridgehead atoms. The number of halogens is 1. The minimum atomic E-state index is -0.0372. The Balaban J connectivity index is 2.31. The number of rotatable bonds is 3. The molecule has 1 aromatic carbocycles. The lowest BCUT2D eigenvalue weighted by Gasteiger charge is -2.07. The highest BCUT2D eigenvalue weighted by molar-refractivity contribution is 7.99. The summed E-state index contributed by atoms with van der Waals surface area (Å²) < 4.78 is 0. The van der Waals surface area contributed by atoms with Gasteiger partial charge in [0.05, 0.1) is 5.02 Å². The van der Waals surface area contributed by atoms with Crippen molar-refractivity contribution in [3.05, 3.63) is 45.7 Å². The van der Waals surface area contributed by atoms with Crippen molar-refractivity contribution < 1.29 is 4.79 Å². The third-order valence-corrected chi connectivity index (χ3v) is 4.31. The lowest BCUT2D eigenvalue weighted by Crippen LogP contribution is -1.98. The second-order valence-electron chi connectivity index (χ2n) is 4.60. The number of benzene rings is 1. The molecule has 0 atom stereocenters. The van der Waals surface area contributed by atoms with Crippen molar-refractivity contribution in [2.75, 3.05) is 0 Å². The molecule has 5 heteroatoms. The zero-order valence-electron chi connectivity index (χ0n) is 11.8. The van der Waals surface area contributed by atoms with Crippen LogP contribution in [0.3, 0.4) is 0 Å². The zero-order valence-corrected chi connectivity index (χ0v) is 13.4. The van der Waals surface area contributed by atoms with E-state index in [-0.39, 0.29) is 5.78 Å². The molecule has 1 aromatic heterocycles. The van der Waals surface area contributed by atoms with Gasteiger partial charge in [-0.25, -0.2) is 9.97 Å². The Morgan fingerprint density at radius 3 is 2.25 bits per heavy atom. The van der Waals surface area contributed by atoms with Crippen molar-refractivity contribution in [2.24, 2.45) is 0 Å². The fourth-order valence-electron chi connectivity index (χ4n) is 1.74. The normalized spacial score (nSPS) is 10.7. The highest BCUT2D eigenvalue weighted by atomic mass is 35.5. The largest absolute Gasteiger partial charge is 0.294 e. The average molecular weight is 307 g/mol. The summed E-state index contributed by atoms with van der Waals surface area (Å²) in [6, 6.07) is 5.37. The molecule has 0 aliphatic rings. The highest BCUT2D eigenvalue weighted by Crippen LogP contribution is 2.29. The summed E-state index contributed by atoms with van der Waals surface area (Å²) in [6.45, 7) is 7.46. The summed E-state index contributed by atoms with van der Waals surface area (Å²) in [5.41, 5.74) is 3.60. The number of carbonyl (C=O) groups is 1. The lowest BCUT2D eigenvalue weighted by atomic mass is 10.1. The van der Waals surface area contributed by atoms with Crippen LogP contribution in [0.1, 0.15) is 34.2 Å². The van der Waals surface area contributed by atoms with Crippen molar-refractivity contribution in [3.8, 4) is 0 Å². The summed E-state index contributed by atoms with van der Waals surface area (Å²) in [7, 11) is 0. The van der Waals surface area contributed by atoms with Crippen LogP contribution in [0.2, 0.25) is 5.02 Å². The van der Waals surface area contributed by atoms with E-state index in [2.05, 4.69) is 9.97 Å². The van der Waals surface area contributed by atoms with Crippen LogP contribution >= 0.6 is 23.4 Å². The molecule has 0 saturated carbocycles. The van der Waals surface area contributed by atoms with Gasteiger partial charge in [-0.3, -0.25) is 4.79 Å². The van der Waals surface area contributed by atoms with Gasteiger partial charge in [-0.2, -0.15) is 0 Å². The predicted molar refractivity (Wildman–Crippen MR) is 81.8 cm³/mol. The second kappa shape index (κ2) is 5.94. The number of hydrogen-bond acceptors (Lipinski definition) is 4. The van der Waals surface area contributed by atoms with Crippen LogP contribution in [-0.2, 0) is 0 Å². The SMILES string of the molecule is CC(=O)c1ccc(Sc2nc(C)c(C)c(C)n2)cc1Cl. The van der Waals surface area contributed by atoms with Crippen LogP contribution in [0.15, 0.2) is 28.3 Å². The van der Waals surface area contributed by atoms with Gasteiger partial charge in [0.15, 0.2) is 10.9 Å². The summed E-state index contributed by atoms with van der Waals surface area (Å²) in [5, 5.41) is 1.15. The molecule has 0 spiro atoms. The van der Waals surface area contributed by atoms with Crippen molar-refractivity contribution in [1.29, 1.82) is 0 Å². The topological polar surface area (TPSA) is 42.9 Å². The first-order valence-electron chi connectivity index (χ1n) is 6.18. The van der Waals surface area contributed by atoms with Crippen LogP contribution in [0, 0.1) is 20.8 Å². The van der Waals surface area contributed by atoms with Crippen molar-refractivity contribution >= 4 is 29.1 Å². The van der Waals surface area contributed by atoms with Crippen LogP contribution < -0.4 is 0 Å². The number of aromatic nitrogens is 2. The molecule has 2 aromatic rings. The average Bonchev–Trinajstić information content (AvgIpc) is 2.35. The number of nitrogens with zero attached hydrogens (tertiary/aromatic N) is 2. The summed E-state index contributed by atoms with van der Waals surface area (Å²) >= 11 is 7.54. The molecule has 0 aliphatic heterocycles. The zero-order chi connectivity index (χ0) is 14.9. The third kappa shape index (κ3) is 3.19. The standard InChI is InChI=1S/C15H15ClN2OS/c1-8-9(2)17-15(18-10(8)3)20-12-5-6-13(11(4)19)14(16)7-12/h5-7H,1-4H3. The first-order chi connectivity index (χ1) is 9.38. The molecule has 3 nitrogen and oxygen atoms in total. The molecular weight excluding hydrogens is 292 g/mol. The van der Waals surface area contributed by atoms with Gasteiger partial charge >= 0.3 is 0 Å². The fraction of sp³-hybridized carbons (Fsp3) is 0.267. The molecule has 0 fully saturated rings. The maximum atomic E-state index is 11.3. The van der Waals surface area contributed by atoms with E-state index in [1.807, 2.05) is 26.8 Å². The van der Waals surface area contributed by atoms with Crippen molar-refractivity contribution in [3.63, 3.8) is 0 Å². The van der Waals surface area contributed by atoms with Gasteiger partial charge < -0.3 is 0 Å². The first kappa shape index (κ1) is 15.0. The molecule has 0 radical (unpaired) electrons. The van der Waals surface area contributed by atoms with Crippen LogP contribution in [0.4, 0.5) is 0 Å². The van der Waals surface area contributed by atoms with Crippen molar-refractivity contribution in [2.45, 2.75) is 37.7 Å². The van der Waals surface area contributed by atoms with E-state index < -0.39 is 0 Å². The Morgan fingerprint density at radius 2 is 1.75 bits per heavy atom. The minimum Gasteiger partial charge on any atom is -0.294 e. The van der Waals surface area contributed by atoms with E-state index in [1.165, 1.54) is 18.7 Å². The van der Waals surface area contributed by atoms with E-state index in [1.54, 1.807) is 12.1 Å². The van der Waals surface area contributed by atoms with Crippen LogP contribution in [0.25, 0.3) is 0 Å². The van der Waals surface area contributed by atoms with E-state index in [0.29, 0.717) is 15.7 Å². The maximum absolute atomic E-state index is 11.3. The van der Waals surface area contributed by atoms with Gasteiger partial charge in [-0.1, -0.05) is 11.6 Å². The van der Waals surface area contributed by atoms with E-state index in [9.17, 15) is 4.79 Å². The predicted octanol–water partition coefficient (Wildman–Crippen LogP) is 4.41. The molecule has 2 rings (SSSR count). The molecule has 0 saturated heterocycles. The Hall–Kier alpha value is -1.39. The van der Waals surface area contributed by atoms with Gasteiger partial charge in [-0.15, -0.1) is 0 Å². The molecule has 0 N–H and O–H groups in total. The Bertz CT molecular complexity index is 663. The molecule has 0 amide bonds. The molecule has 104 valence electrons. The summed E-state index contributed by atoms with van der Waals surface area (Å²) in [5.74, 6) is -0.0372. The molecule has 1 heterocycles. The summed E-state index contributed by atoms with van der Waals surface area (Å²) in [6.07, 6.45) is 0. The molecule has 0 aliphatic carbocycles. The van der Waals surface area contributed by atoms with Gasteiger partial charge in [-0.05, 0) is 63.2 Å².